The highest BCUT2D eigenvalue weighted by molar-refractivity contribution is 5.95. The number of rotatable bonds is 5. The third kappa shape index (κ3) is 4.98. The van der Waals surface area contributed by atoms with Gasteiger partial charge in [0.2, 0.25) is 11.8 Å². The minimum absolute atomic E-state index is 0.0418. The van der Waals surface area contributed by atoms with Gasteiger partial charge in [-0.15, -0.1) is 0 Å². The number of hydrogen-bond donors (Lipinski definition) is 2. The summed E-state index contributed by atoms with van der Waals surface area (Å²) >= 11 is 0. The lowest BCUT2D eigenvalue weighted by Gasteiger charge is -2.41. The lowest BCUT2D eigenvalue weighted by atomic mass is 9.76. The van der Waals surface area contributed by atoms with Crippen molar-refractivity contribution >= 4 is 17.5 Å². The van der Waals surface area contributed by atoms with Gasteiger partial charge in [-0.3, -0.25) is 9.59 Å². The molecule has 196 valence electrons. The molecule has 0 aromatic heterocycles. The van der Waals surface area contributed by atoms with Gasteiger partial charge in [0.25, 0.3) is 0 Å². The predicted molar refractivity (Wildman–Crippen MR) is 136 cm³/mol. The van der Waals surface area contributed by atoms with Crippen molar-refractivity contribution in [2.45, 2.75) is 62.9 Å². The number of benzene rings is 2. The number of aliphatic hydroxyl groups excluding tert-OH is 1. The molecule has 8 nitrogen and oxygen atoms in total. The van der Waals surface area contributed by atoms with Gasteiger partial charge in [-0.1, -0.05) is 24.3 Å². The number of nitrogens with one attached hydrogen (secondary N) is 1. The molecule has 0 aliphatic carbocycles. The fraction of sp³-hybridized carbons (Fsp3) is 0.517. The quantitative estimate of drug-likeness (QED) is 0.647. The number of amides is 2. The Morgan fingerprint density at radius 2 is 1.95 bits per heavy atom. The van der Waals surface area contributed by atoms with E-state index in [1.807, 2.05) is 35.2 Å². The van der Waals surface area contributed by atoms with Crippen LogP contribution in [0.15, 0.2) is 42.5 Å². The topological polar surface area (TPSA) is 97.3 Å². The largest absolute Gasteiger partial charge is 0.490 e. The maximum absolute atomic E-state index is 13.3. The number of hydrogen-bond acceptors (Lipinski definition) is 6. The van der Waals surface area contributed by atoms with Crippen LogP contribution in [0.4, 0.5) is 5.69 Å². The molecule has 2 saturated heterocycles. The van der Waals surface area contributed by atoms with Crippen molar-refractivity contribution in [3.8, 4) is 5.75 Å². The summed E-state index contributed by atoms with van der Waals surface area (Å²) in [4.78, 5) is 28.5. The summed E-state index contributed by atoms with van der Waals surface area (Å²) in [5.74, 6) is -0.142. The van der Waals surface area contributed by atoms with E-state index in [2.05, 4.69) is 17.4 Å². The van der Waals surface area contributed by atoms with E-state index >= 15 is 0 Å². The van der Waals surface area contributed by atoms with Gasteiger partial charge in [0.1, 0.15) is 11.9 Å². The Balaban J connectivity index is 1.22. The van der Waals surface area contributed by atoms with Gasteiger partial charge in [0.15, 0.2) is 0 Å². The Morgan fingerprint density at radius 1 is 1.14 bits per heavy atom. The third-order valence-corrected chi connectivity index (χ3v) is 8.23. The Bertz CT molecular complexity index is 1160. The average Bonchev–Trinajstić information content (AvgIpc) is 3.04. The first-order valence-corrected chi connectivity index (χ1v) is 13.4. The Morgan fingerprint density at radius 3 is 2.76 bits per heavy atom. The first kappa shape index (κ1) is 24.4. The molecule has 2 aromatic rings. The summed E-state index contributed by atoms with van der Waals surface area (Å²) in [7, 11) is 0. The van der Waals surface area contributed by atoms with E-state index in [0.717, 1.165) is 30.6 Å². The molecule has 0 unspecified atom stereocenters. The van der Waals surface area contributed by atoms with Crippen LogP contribution in [0.1, 0.15) is 48.3 Å². The van der Waals surface area contributed by atoms with Crippen molar-refractivity contribution in [1.29, 1.82) is 0 Å². The Kier molecular flexibility index (Phi) is 6.88. The molecule has 0 radical (unpaired) electrons. The van der Waals surface area contributed by atoms with Crippen LogP contribution >= 0.6 is 0 Å². The zero-order valence-corrected chi connectivity index (χ0v) is 20.9. The molecule has 0 saturated carbocycles. The van der Waals surface area contributed by atoms with Crippen molar-refractivity contribution in [3.63, 3.8) is 0 Å². The Labute approximate surface area is 216 Å². The number of carbonyl (C=O) groups excluding carboxylic acids is 2. The zero-order valence-electron chi connectivity index (χ0n) is 20.9. The summed E-state index contributed by atoms with van der Waals surface area (Å²) in [6.45, 7) is 2.35. The molecular weight excluding hydrogens is 472 g/mol. The smallest absolute Gasteiger partial charge is 0.230 e. The summed E-state index contributed by atoms with van der Waals surface area (Å²) in [5, 5.41) is 13.2. The van der Waals surface area contributed by atoms with Crippen molar-refractivity contribution in [2.24, 2.45) is 5.92 Å². The molecule has 2 bridgehead atoms. The number of carbonyl (C=O) groups is 2. The number of aliphatic hydroxyl groups is 1. The highest BCUT2D eigenvalue weighted by atomic mass is 16.5. The van der Waals surface area contributed by atoms with Crippen molar-refractivity contribution < 1.29 is 28.9 Å². The molecule has 0 spiro atoms. The highest BCUT2D eigenvalue weighted by Crippen LogP contribution is 2.46. The molecule has 2 amide bonds. The number of anilines is 1. The first-order valence-electron chi connectivity index (χ1n) is 13.4. The maximum atomic E-state index is 13.3. The van der Waals surface area contributed by atoms with Crippen LogP contribution in [-0.4, -0.2) is 66.5 Å². The van der Waals surface area contributed by atoms with Gasteiger partial charge in [0.05, 0.1) is 44.4 Å². The third-order valence-electron chi connectivity index (χ3n) is 8.23. The van der Waals surface area contributed by atoms with Gasteiger partial charge in [-0.25, -0.2) is 0 Å². The van der Waals surface area contributed by atoms with Gasteiger partial charge in [-0.05, 0) is 42.2 Å². The molecule has 4 atom stereocenters. The van der Waals surface area contributed by atoms with Gasteiger partial charge in [0, 0.05) is 43.1 Å². The van der Waals surface area contributed by atoms with E-state index in [4.69, 9.17) is 14.2 Å². The van der Waals surface area contributed by atoms with Crippen LogP contribution in [0.2, 0.25) is 0 Å². The van der Waals surface area contributed by atoms with Crippen molar-refractivity contribution in [2.75, 3.05) is 31.7 Å². The molecule has 4 aliphatic heterocycles. The van der Waals surface area contributed by atoms with E-state index in [1.54, 1.807) is 0 Å². The predicted octanol–water partition coefficient (Wildman–Crippen LogP) is 3.02. The molecule has 2 aromatic carbocycles. The molecule has 2 N–H and O–H groups in total. The first-order chi connectivity index (χ1) is 18.1. The molecule has 37 heavy (non-hydrogen) atoms. The van der Waals surface area contributed by atoms with Crippen LogP contribution in [-0.2, 0) is 32.0 Å². The fourth-order valence-corrected chi connectivity index (χ4v) is 6.29. The second-order valence-electron chi connectivity index (χ2n) is 10.6. The monoisotopic (exact) mass is 506 g/mol. The van der Waals surface area contributed by atoms with Crippen LogP contribution in [0, 0.1) is 5.92 Å². The lowest BCUT2D eigenvalue weighted by Crippen LogP contribution is -2.48. The van der Waals surface area contributed by atoms with Crippen molar-refractivity contribution in [1.82, 2.24) is 4.90 Å². The molecule has 4 heterocycles. The van der Waals surface area contributed by atoms with Crippen LogP contribution in [0.3, 0.4) is 0 Å². The molecule has 2 fully saturated rings. The summed E-state index contributed by atoms with van der Waals surface area (Å²) in [6.07, 6.45) is 2.21. The Hall–Kier alpha value is -2.94. The molecule has 4 aliphatic rings. The van der Waals surface area contributed by atoms with Crippen LogP contribution in [0.25, 0.3) is 0 Å². The van der Waals surface area contributed by atoms with Gasteiger partial charge < -0.3 is 29.5 Å². The molecule has 8 heteroatoms. The van der Waals surface area contributed by atoms with Crippen molar-refractivity contribution in [3.05, 3.63) is 59.2 Å². The van der Waals surface area contributed by atoms with Crippen LogP contribution in [0.5, 0.6) is 5.75 Å². The second kappa shape index (κ2) is 10.4. The minimum Gasteiger partial charge on any atom is -0.490 e. The van der Waals surface area contributed by atoms with E-state index < -0.39 is 18.1 Å². The SMILES string of the molecule is O=C1Nc2ccc(OC3CCOCC3)c(c2)[C@H]2C[C@@H](CC(=O)N3CCc4ccccc4C3)O[C@H](CO)[C@@H]12. The average molecular weight is 507 g/mol. The van der Waals surface area contributed by atoms with E-state index in [-0.39, 0.29) is 36.9 Å². The number of fused-ring (bicyclic) bond motifs is 5. The number of nitrogens with zero attached hydrogens (tertiary/aromatic N) is 1. The fourth-order valence-electron chi connectivity index (χ4n) is 6.29. The lowest BCUT2D eigenvalue weighted by molar-refractivity contribution is -0.152. The molecular formula is C29H34N2O6. The van der Waals surface area contributed by atoms with E-state index in [9.17, 15) is 14.7 Å². The second-order valence-corrected chi connectivity index (χ2v) is 10.6. The molecule has 6 rings (SSSR count). The summed E-state index contributed by atoms with van der Waals surface area (Å²) in [6, 6.07) is 14.0. The van der Waals surface area contributed by atoms with Gasteiger partial charge >= 0.3 is 0 Å². The zero-order chi connectivity index (χ0) is 25.4. The standard InChI is InChI=1S/C29H34N2O6/c32-17-26-28-24(14-22(37-26)15-27(33)31-10-7-18-3-1-2-4-19(18)16-31)23-13-20(30-29(28)34)5-6-25(23)36-21-8-11-35-12-9-21/h1-6,13,21-22,24,26,28,32H,7-12,14-17H2,(H,30,34)/t22-,24+,26+,28-/m0/s1. The van der Waals surface area contributed by atoms with Gasteiger partial charge in [-0.2, -0.15) is 0 Å². The summed E-state index contributed by atoms with van der Waals surface area (Å²) < 4.78 is 18.1. The normalized spacial score (nSPS) is 27.5. The maximum Gasteiger partial charge on any atom is 0.230 e. The van der Waals surface area contributed by atoms with E-state index in [1.165, 1.54) is 11.1 Å². The summed E-state index contributed by atoms with van der Waals surface area (Å²) in [5.41, 5.74) is 4.14. The minimum atomic E-state index is -0.691. The van der Waals surface area contributed by atoms with E-state index in [0.29, 0.717) is 38.4 Å². The van der Waals surface area contributed by atoms with Crippen LogP contribution < -0.4 is 10.1 Å². The highest BCUT2D eigenvalue weighted by Gasteiger charge is 2.46. The number of ether oxygens (including phenoxy) is 3.